The summed E-state index contributed by atoms with van der Waals surface area (Å²) in [5, 5.41) is 10.3. The zero-order chi connectivity index (χ0) is 13.3. The van der Waals surface area contributed by atoms with Gasteiger partial charge in [0.25, 0.3) is 0 Å². The summed E-state index contributed by atoms with van der Waals surface area (Å²) in [6.45, 7) is 3.77. The Morgan fingerprint density at radius 2 is 2.06 bits per heavy atom. The second-order valence-electron chi connectivity index (χ2n) is 5.11. The number of benzene rings is 1. The third-order valence-corrected chi connectivity index (χ3v) is 3.67. The van der Waals surface area contributed by atoms with Gasteiger partial charge in [0.05, 0.1) is 11.2 Å². The predicted molar refractivity (Wildman–Crippen MR) is 64.3 cm³/mol. The van der Waals surface area contributed by atoms with E-state index in [1.54, 1.807) is 13.8 Å². The molecule has 1 N–H and O–H groups in total. The molecule has 0 bridgehead atoms. The summed E-state index contributed by atoms with van der Waals surface area (Å²) in [6, 6.07) is 2.55. The molecule has 1 heterocycles. The van der Waals surface area contributed by atoms with E-state index in [9.17, 15) is 13.9 Å². The lowest BCUT2D eigenvalue weighted by Gasteiger charge is -2.38. The maximum Gasteiger partial charge on any atom is 0.134 e. The highest BCUT2D eigenvalue weighted by atomic mass is 19.1. The van der Waals surface area contributed by atoms with E-state index in [1.165, 1.54) is 12.1 Å². The summed E-state index contributed by atoms with van der Waals surface area (Å²) in [7, 11) is 0. The van der Waals surface area contributed by atoms with Gasteiger partial charge in [-0.05, 0) is 44.7 Å². The molecule has 2 nitrogen and oxygen atoms in total. The Hall–Kier alpha value is -1.00. The first-order chi connectivity index (χ1) is 8.46. The van der Waals surface area contributed by atoms with Crippen LogP contribution in [0.1, 0.15) is 43.4 Å². The highest BCUT2D eigenvalue weighted by molar-refractivity contribution is 5.30. The van der Waals surface area contributed by atoms with Gasteiger partial charge in [-0.2, -0.15) is 0 Å². The number of halogens is 2. The van der Waals surface area contributed by atoms with Crippen molar-refractivity contribution in [3.05, 3.63) is 34.9 Å². The van der Waals surface area contributed by atoms with Crippen LogP contribution < -0.4 is 0 Å². The van der Waals surface area contributed by atoms with Gasteiger partial charge >= 0.3 is 0 Å². The Morgan fingerprint density at radius 3 is 2.67 bits per heavy atom. The molecule has 1 aromatic carbocycles. The number of ether oxygens (including phenoxy) is 1. The average Bonchev–Trinajstić information content (AvgIpc) is 2.35. The fourth-order valence-corrected chi connectivity index (χ4v) is 2.41. The Morgan fingerprint density at radius 1 is 1.33 bits per heavy atom. The van der Waals surface area contributed by atoms with Crippen molar-refractivity contribution in [3.8, 4) is 0 Å². The molecule has 18 heavy (non-hydrogen) atoms. The summed E-state index contributed by atoms with van der Waals surface area (Å²) < 4.78 is 33.3. The first kappa shape index (κ1) is 13.4. The quantitative estimate of drug-likeness (QED) is 0.880. The number of hydrogen-bond acceptors (Lipinski definition) is 2. The number of aliphatic hydroxyl groups excluding tert-OH is 1. The first-order valence-corrected chi connectivity index (χ1v) is 6.22. The number of rotatable bonds is 2. The molecule has 1 saturated heterocycles. The van der Waals surface area contributed by atoms with Crippen LogP contribution in [0.25, 0.3) is 0 Å². The highest BCUT2D eigenvalue weighted by Crippen LogP contribution is 2.38. The molecule has 4 heteroatoms. The van der Waals surface area contributed by atoms with Crippen molar-refractivity contribution in [2.24, 2.45) is 0 Å². The molecule has 0 amide bonds. The molecule has 0 saturated carbocycles. The van der Waals surface area contributed by atoms with E-state index in [1.807, 2.05) is 0 Å². The molecule has 0 aromatic heterocycles. The van der Waals surface area contributed by atoms with Gasteiger partial charge < -0.3 is 9.84 Å². The van der Waals surface area contributed by atoms with Crippen molar-refractivity contribution in [1.29, 1.82) is 0 Å². The Bertz CT molecular complexity index is 440. The molecule has 1 aliphatic heterocycles. The van der Waals surface area contributed by atoms with Crippen molar-refractivity contribution in [2.45, 2.75) is 44.8 Å². The lowest BCUT2D eigenvalue weighted by atomic mass is 9.85. The second kappa shape index (κ2) is 4.94. The Kier molecular flexibility index (Phi) is 3.69. The van der Waals surface area contributed by atoms with Crippen LogP contribution in [0.5, 0.6) is 0 Å². The largest absolute Gasteiger partial charge is 0.385 e. The van der Waals surface area contributed by atoms with Crippen LogP contribution in [-0.2, 0) is 4.74 Å². The molecule has 1 aliphatic rings. The monoisotopic (exact) mass is 256 g/mol. The molecule has 0 spiro atoms. The van der Waals surface area contributed by atoms with E-state index < -0.39 is 23.3 Å². The van der Waals surface area contributed by atoms with E-state index in [0.717, 1.165) is 12.8 Å². The fourth-order valence-electron chi connectivity index (χ4n) is 2.41. The highest BCUT2D eigenvalue weighted by Gasteiger charge is 2.39. The number of hydrogen-bond donors (Lipinski definition) is 1. The van der Waals surface area contributed by atoms with Crippen LogP contribution >= 0.6 is 0 Å². The average molecular weight is 256 g/mol. The van der Waals surface area contributed by atoms with E-state index in [2.05, 4.69) is 0 Å². The van der Waals surface area contributed by atoms with Gasteiger partial charge in [0, 0.05) is 6.61 Å². The van der Waals surface area contributed by atoms with Crippen molar-refractivity contribution in [3.63, 3.8) is 0 Å². The van der Waals surface area contributed by atoms with E-state index in [4.69, 9.17) is 4.74 Å². The number of aryl methyl sites for hydroxylation is 1. The summed E-state index contributed by atoms with van der Waals surface area (Å²) in [4.78, 5) is 0. The normalized spacial score (nSPS) is 26.1. The zero-order valence-corrected chi connectivity index (χ0v) is 10.7. The van der Waals surface area contributed by atoms with Crippen molar-refractivity contribution < 1.29 is 18.6 Å². The van der Waals surface area contributed by atoms with E-state index >= 15 is 0 Å². The molecular weight excluding hydrogens is 238 g/mol. The molecule has 0 aliphatic carbocycles. The number of aliphatic hydroxyl groups is 1. The summed E-state index contributed by atoms with van der Waals surface area (Å²) >= 11 is 0. The third kappa shape index (κ3) is 2.27. The van der Waals surface area contributed by atoms with Gasteiger partial charge in [-0.15, -0.1) is 0 Å². The smallest absolute Gasteiger partial charge is 0.134 e. The maximum atomic E-state index is 14.0. The third-order valence-electron chi connectivity index (χ3n) is 3.67. The van der Waals surface area contributed by atoms with Gasteiger partial charge in [0.2, 0.25) is 0 Å². The SMILES string of the molecule is Cc1ccc(F)c(C(O)C2(C)CCCCO2)c1F. The summed E-state index contributed by atoms with van der Waals surface area (Å²) in [6.07, 6.45) is 1.13. The minimum Gasteiger partial charge on any atom is -0.385 e. The van der Waals surface area contributed by atoms with Gasteiger partial charge in [-0.3, -0.25) is 0 Å². The van der Waals surface area contributed by atoms with Crippen LogP contribution in [0.2, 0.25) is 0 Å². The Labute approximate surface area is 106 Å². The lowest BCUT2D eigenvalue weighted by Crippen LogP contribution is -2.40. The van der Waals surface area contributed by atoms with Gasteiger partial charge in [0.1, 0.15) is 17.7 Å². The molecule has 0 radical (unpaired) electrons. The summed E-state index contributed by atoms with van der Waals surface area (Å²) in [5.74, 6) is -1.40. The van der Waals surface area contributed by atoms with Gasteiger partial charge in [-0.1, -0.05) is 6.07 Å². The predicted octanol–water partition coefficient (Wildman–Crippen LogP) is 3.27. The second-order valence-corrected chi connectivity index (χ2v) is 5.11. The first-order valence-electron chi connectivity index (χ1n) is 6.22. The zero-order valence-electron chi connectivity index (χ0n) is 10.7. The standard InChI is InChI=1S/C14H18F2O2/c1-9-5-6-10(15)11(12(9)16)13(17)14(2)7-3-4-8-18-14/h5-6,13,17H,3-4,7-8H2,1-2H3. The minimum atomic E-state index is -1.28. The molecule has 2 rings (SSSR count). The minimum absolute atomic E-state index is 0.278. The maximum absolute atomic E-state index is 14.0. The summed E-state index contributed by atoms with van der Waals surface area (Å²) in [5.41, 5.74) is -0.863. The molecule has 1 fully saturated rings. The fraction of sp³-hybridized carbons (Fsp3) is 0.571. The topological polar surface area (TPSA) is 29.5 Å². The van der Waals surface area contributed by atoms with Crippen molar-refractivity contribution in [2.75, 3.05) is 6.61 Å². The van der Waals surface area contributed by atoms with Crippen LogP contribution in [0.3, 0.4) is 0 Å². The molecule has 2 unspecified atom stereocenters. The van der Waals surface area contributed by atoms with Crippen LogP contribution in [-0.4, -0.2) is 17.3 Å². The van der Waals surface area contributed by atoms with E-state index in [-0.39, 0.29) is 5.56 Å². The molecule has 2 atom stereocenters. The van der Waals surface area contributed by atoms with E-state index in [0.29, 0.717) is 18.6 Å². The molecule has 1 aromatic rings. The van der Waals surface area contributed by atoms with Crippen LogP contribution in [0.15, 0.2) is 12.1 Å². The van der Waals surface area contributed by atoms with Crippen LogP contribution in [0.4, 0.5) is 8.78 Å². The van der Waals surface area contributed by atoms with Crippen molar-refractivity contribution >= 4 is 0 Å². The van der Waals surface area contributed by atoms with Crippen LogP contribution in [0, 0.1) is 18.6 Å². The van der Waals surface area contributed by atoms with Crippen molar-refractivity contribution in [1.82, 2.24) is 0 Å². The molecule has 100 valence electrons. The Balaban J connectivity index is 2.39. The molecular formula is C14H18F2O2. The van der Waals surface area contributed by atoms with Gasteiger partial charge in [0.15, 0.2) is 0 Å². The van der Waals surface area contributed by atoms with Gasteiger partial charge in [-0.25, -0.2) is 8.78 Å². The lowest BCUT2D eigenvalue weighted by molar-refractivity contribution is -0.140.